The first kappa shape index (κ1) is 33.6. The Balaban J connectivity index is 1.07. The monoisotopic (exact) mass is 701 g/mol. The van der Waals surface area contributed by atoms with Crippen LogP contribution in [0.5, 0.6) is 11.5 Å². The van der Waals surface area contributed by atoms with E-state index in [9.17, 15) is 5.11 Å². The van der Waals surface area contributed by atoms with Crippen LogP contribution in [0.25, 0.3) is 21.6 Å². The Morgan fingerprint density at radius 1 is 0.824 bits per heavy atom. The first-order valence-corrected chi connectivity index (χ1v) is 18.6. The molecule has 1 N–H and O–H groups in total. The number of pyridine rings is 1. The van der Waals surface area contributed by atoms with E-state index in [2.05, 4.69) is 24.3 Å². The smallest absolute Gasteiger partial charge is 0.162 e. The van der Waals surface area contributed by atoms with Crippen LogP contribution in [0.1, 0.15) is 59.9 Å². The van der Waals surface area contributed by atoms with Crippen molar-refractivity contribution in [3.8, 4) is 21.9 Å². The Morgan fingerprint density at radius 2 is 1.49 bits per heavy atom. The molecular formula is C42H43N3O5S. The molecular weight excluding hydrogens is 659 g/mol. The molecule has 9 heteroatoms. The van der Waals surface area contributed by atoms with E-state index in [-0.39, 0.29) is 6.61 Å². The molecule has 2 aliphatic rings. The Hall–Kier alpha value is -4.54. The number of thiophene rings is 1. The van der Waals surface area contributed by atoms with E-state index in [1.165, 1.54) is 35.4 Å². The average molecular weight is 702 g/mol. The molecule has 6 aromatic rings. The van der Waals surface area contributed by atoms with Crippen molar-refractivity contribution in [2.24, 2.45) is 5.92 Å². The molecule has 0 radical (unpaired) electrons. The quantitative estimate of drug-likeness (QED) is 0.128. The Bertz CT molecular complexity index is 2010. The molecule has 3 aromatic carbocycles. The molecule has 0 spiro atoms. The van der Waals surface area contributed by atoms with E-state index in [0.29, 0.717) is 6.42 Å². The molecule has 51 heavy (non-hydrogen) atoms. The fourth-order valence-electron chi connectivity index (χ4n) is 7.79. The summed E-state index contributed by atoms with van der Waals surface area (Å²) in [6.45, 7) is 0.134. The molecule has 8 rings (SSSR count). The van der Waals surface area contributed by atoms with Gasteiger partial charge in [0, 0.05) is 27.9 Å². The zero-order valence-corrected chi connectivity index (χ0v) is 29.8. The zero-order chi connectivity index (χ0) is 34.8. The van der Waals surface area contributed by atoms with Gasteiger partial charge >= 0.3 is 0 Å². The highest BCUT2D eigenvalue weighted by molar-refractivity contribution is 7.15. The van der Waals surface area contributed by atoms with Crippen LogP contribution in [0.15, 0.2) is 110 Å². The molecule has 0 amide bonds. The van der Waals surface area contributed by atoms with Crippen molar-refractivity contribution in [1.29, 1.82) is 0 Å². The third-order valence-corrected chi connectivity index (χ3v) is 11.6. The number of ether oxygens (including phenoxy) is 4. The fourth-order valence-corrected chi connectivity index (χ4v) is 8.94. The Labute approximate surface area is 302 Å². The van der Waals surface area contributed by atoms with Crippen molar-refractivity contribution < 1.29 is 24.1 Å². The van der Waals surface area contributed by atoms with Gasteiger partial charge in [0.1, 0.15) is 34.9 Å². The predicted molar refractivity (Wildman–Crippen MR) is 199 cm³/mol. The van der Waals surface area contributed by atoms with Gasteiger partial charge in [0.15, 0.2) is 5.65 Å². The van der Waals surface area contributed by atoms with Crippen molar-refractivity contribution in [2.75, 3.05) is 20.8 Å². The third kappa shape index (κ3) is 6.55. The molecule has 1 aliphatic carbocycles. The molecule has 1 saturated carbocycles. The number of hydrogen-bond acceptors (Lipinski definition) is 8. The number of benzene rings is 3. The number of aliphatic hydroxyl groups is 1. The van der Waals surface area contributed by atoms with Gasteiger partial charge in [-0.3, -0.25) is 4.57 Å². The van der Waals surface area contributed by atoms with Gasteiger partial charge < -0.3 is 24.1 Å². The Morgan fingerprint density at radius 3 is 2.16 bits per heavy atom. The van der Waals surface area contributed by atoms with Crippen LogP contribution in [0, 0.1) is 5.92 Å². The number of imidazole rings is 1. The van der Waals surface area contributed by atoms with Crippen molar-refractivity contribution in [3.05, 3.63) is 131 Å². The van der Waals surface area contributed by atoms with Crippen molar-refractivity contribution in [1.82, 2.24) is 14.5 Å². The van der Waals surface area contributed by atoms with Crippen LogP contribution < -0.4 is 9.47 Å². The second-order valence-electron chi connectivity index (χ2n) is 13.6. The van der Waals surface area contributed by atoms with Gasteiger partial charge in [-0.05, 0) is 71.5 Å². The maximum absolute atomic E-state index is 11.4. The van der Waals surface area contributed by atoms with Crippen LogP contribution >= 0.6 is 11.3 Å². The van der Waals surface area contributed by atoms with E-state index in [1.807, 2.05) is 94.9 Å². The lowest BCUT2D eigenvalue weighted by Gasteiger charge is -2.37. The Kier molecular flexibility index (Phi) is 9.62. The molecule has 4 heterocycles. The van der Waals surface area contributed by atoms with Gasteiger partial charge in [-0.15, -0.1) is 11.3 Å². The van der Waals surface area contributed by atoms with Crippen LogP contribution in [0.3, 0.4) is 0 Å². The van der Waals surface area contributed by atoms with Gasteiger partial charge in [-0.2, -0.15) is 0 Å². The summed E-state index contributed by atoms with van der Waals surface area (Å²) in [4.78, 5) is 12.2. The second kappa shape index (κ2) is 14.6. The van der Waals surface area contributed by atoms with Gasteiger partial charge in [0.05, 0.1) is 33.3 Å². The van der Waals surface area contributed by atoms with Crippen LogP contribution in [-0.4, -0.2) is 52.7 Å². The second-order valence-corrected chi connectivity index (χ2v) is 14.7. The van der Waals surface area contributed by atoms with Crippen molar-refractivity contribution in [3.63, 3.8) is 0 Å². The van der Waals surface area contributed by atoms with Gasteiger partial charge in [-0.25, -0.2) is 9.97 Å². The molecule has 1 saturated heterocycles. The lowest BCUT2D eigenvalue weighted by Crippen LogP contribution is -2.38. The number of fused-ring (bicyclic) bond motifs is 1. The number of rotatable bonds is 12. The summed E-state index contributed by atoms with van der Waals surface area (Å²) < 4.78 is 26.6. The van der Waals surface area contributed by atoms with Crippen LogP contribution in [0.4, 0.5) is 0 Å². The summed E-state index contributed by atoms with van der Waals surface area (Å²) in [6.07, 6.45) is 8.78. The summed E-state index contributed by atoms with van der Waals surface area (Å²) >= 11 is 1.86. The zero-order valence-electron chi connectivity index (χ0n) is 29.0. The van der Waals surface area contributed by atoms with Gasteiger partial charge in [0.25, 0.3) is 0 Å². The standard InChI is InChI=1S/C42H43N3O5S/c1-47-32-16-12-30(13-17-32)42(29-10-4-3-5-11-29,31-14-18-33(48-2)19-15-31)49-26-37-36(46)25-39(50-37)45-27-44-40-35(22-23-43-41(40)45)38-21-20-34(51-38)24-28-8-6-7-9-28/h3-5,10-23,27-28,36-37,39,46H,6-9,24-26H2,1-2H3/t36-,37+,39+/m0/s1. The largest absolute Gasteiger partial charge is 0.497 e. The topological polar surface area (TPSA) is 87.9 Å². The first-order valence-electron chi connectivity index (χ1n) is 17.8. The highest BCUT2D eigenvalue weighted by atomic mass is 32.1. The summed E-state index contributed by atoms with van der Waals surface area (Å²) in [5, 5.41) is 11.4. The van der Waals surface area contributed by atoms with Crippen molar-refractivity contribution in [2.45, 2.75) is 62.6 Å². The summed E-state index contributed by atoms with van der Waals surface area (Å²) in [7, 11) is 3.31. The average Bonchev–Trinajstić information content (AvgIpc) is 4.01. The lowest BCUT2D eigenvalue weighted by atomic mass is 9.80. The van der Waals surface area contributed by atoms with E-state index in [4.69, 9.17) is 28.9 Å². The van der Waals surface area contributed by atoms with E-state index < -0.39 is 24.0 Å². The number of nitrogens with zero attached hydrogens (tertiary/aromatic N) is 3. The third-order valence-electron chi connectivity index (χ3n) is 10.5. The number of aliphatic hydroxyl groups excluding tert-OH is 1. The number of aromatic nitrogens is 3. The lowest BCUT2D eigenvalue weighted by molar-refractivity contribution is -0.0931. The number of hydrogen-bond donors (Lipinski definition) is 1. The highest BCUT2D eigenvalue weighted by Crippen LogP contribution is 2.43. The number of methoxy groups -OCH3 is 2. The van der Waals surface area contributed by atoms with Crippen LogP contribution in [0.2, 0.25) is 0 Å². The van der Waals surface area contributed by atoms with E-state index >= 15 is 0 Å². The summed E-state index contributed by atoms with van der Waals surface area (Å²) in [5.74, 6) is 2.31. The van der Waals surface area contributed by atoms with Gasteiger partial charge in [-0.1, -0.05) is 80.3 Å². The molecule has 1 aliphatic heterocycles. The summed E-state index contributed by atoms with van der Waals surface area (Å²) in [5.41, 5.74) is 4.42. The minimum atomic E-state index is -1.02. The normalized spacial score (nSPS) is 19.5. The van der Waals surface area contributed by atoms with E-state index in [0.717, 1.165) is 57.3 Å². The summed E-state index contributed by atoms with van der Waals surface area (Å²) in [6, 6.07) is 32.5. The minimum absolute atomic E-state index is 0.134. The molecule has 3 aromatic heterocycles. The fraction of sp³-hybridized carbons (Fsp3) is 0.333. The van der Waals surface area contributed by atoms with E-state index in [1.54, 1.807) is 20.5 Å². The first-order chi connectivity index (χ1) is 25.1. The maximum atomic E-state index is 11.4. The SMILES string of the molecule is COc1ccc(C(OC[C@H]2O[C@@H](n3cnc4c(-c5ccc(CC6CCCC6)s5)ccnc43)C[C@@H]2O)(c2ccccc2)c2ccc(OC)cc2)cc1. The molecule has 0 bridgehead atoms. The minimum Gasteiger partial charge on any atom is -0.497 e. The van der Waals surface area contributed by atoms with Crippen LogP contribution in [-0.2, 0) is 21.5 Å². The molecule has 262 valence electrons. The highest BCUT2D eigenvalue weighted by Gasteiger charge is 2.42. The molecule has 2 fully saturated rings. The molecule has 3 atom stereocenters. The molecule has 0 unspecified atom stereocenters. The maximum Gasteiger partial charge on any atom is 0.162 e. The molecule has 8 nitrogen and oxygen atoms in total. The predicted octanol–water partition coefficient (Wildman–Crippen LogP) is 8.57. The van der Waals surface area contributed by atoms with Crippen molar-refractivity contribution >= 4 is 22.5 Å². The van der Waals surface area contributed by atoms with Gasteiger partial charge in [0.2, 0.25) is 0 Å².